The standard InChI is InChI=1S/C33H30N2O8S/c1-5-42-32(40)30-19(3)34-33(44-30)35-27(21-11-14-24(36)25(16-21)41-4)26(29(38)31(35)39)28(37)23-13-12-22(15-18(23)2)43-17-20-9-7-6-8-10-20/h6-16,27,36-37H,5,17H2,1-4H3/b28-26+/t27-/m1/s1. The van der Waals surface area contributed by atoms with E-state index in [9.17, 15) is 24.6 Å². The number of phenolic OH excluding ortho intramolecular Hbond substituents is 1. The molecule has 10 nitrogen and oxygen atoms in total. The molecule has 0 saturated carbocycles. The lowest BCUT2D eigenvalue weighted by Gasteiger charge is -2.23. The summed E-state index contributed by atoms with van der Waals surface area (Å²) in [5.74, 6) is -2.35. The van der Waals surface area contributed by atoms with E-state index in [-0.39, 0.29) is 33.7 Å². The fraction of sp³-hybridized carbons (Fsp3) is 0.212. The second-order valence-electron chi connectivity index (χ2n) is 9.98. The molecule has 1 saturated heterocycles. The van der Waals surface area contributed by atoms with Gasteiger partial charge in [0.05, 0.1) is 31.0 Å². The van der Waals surface area contributed by atoms with Crippen molar-refractivity contribution in [3.63, 3.8) is 0 Å². The van der Waals surface area contributed by atoms with E-state index in [1.165, 1.54) is 25.3 Å². The van der Waals surface area contributed by atoms with Crippen molar-refractivity contribution in [2.75, 3.05) is 18.6 Å². The van der Waals surface area contributed by atoms with Gasteiger partial charge in [-0.1, -0.05) is 47.7 Å². The van der Waals surface area contributed by atoms with Gasteiger partial charge in [-0.05, 0) is 67.8 Å². The Kier molecular flexibility index (Phi) is 8.68. The minimum absolute atomic E-state index is 0.0742. The predicted octanol–water partition coefficient (Wildman–Crippen LogP) is 5.86. The van der Waals surface area contributed by atoms with E-state index < -0.39 is 29.5 Å². The quantitative estimate of drug-likeness (QED) is 0.103. The SMILES string of the molecule is CCOC(=O)c1sc(N2C(=O)C(=O)/C(=C(/O)c3ccc(OCc4ccccc4)cc3C)[C@H]2c2ccc(O)c(OC)c2)nc1C. The number of aryl methyl sites for hydroxylation is 2. The maximum absolute atomic E-state index is 13.6. The number of aliphatic hydroxyl groups is 1. The average Bonchev–Trinajstić information content (AvgIpc) is 3.52. The van der Waals surface area contributed by atoms with Gasteiger partial charge in [0.1, 0.15) is 23.0 Å². The normalized spacial score (nSPS) is 15.8. The number of hydrogen-bond acceptors (Lipinski definition) is 10. The van der Waals surface area contributed by atoms with Crippen LogP contribution in [0.5, 0.6) is 17.2 Å². The van der Waals surface area contributed by atoms with E-state index in [4.69, 9.17) is 14.2 Å². The van der Waals surface area contributed by atoms with Crippen LogP contribution in [0.15, 0.2) is 72.3 Å². The third kappa shape index (κ3) is 5.73. The van der Waals surface area contributed by atoms with Crippen molar-refractivity contribution in [2.24, 2.45) is 0 Å². The van der Waals surface area contributed by atoms with E-state index >= 15 is 0 Å². The van der Waals surface area contributed by atoms with Crippen LogP contribution in [0.3, 0.4) is 0 Å². The van der Waals surface area contributed by atoms with Gasteiger partial charge in [-0.25, -0.2) is 9.78 Å². The lowest BCUT2D eigenvalue weighted by Crippen LogP contribution is -2.29. The molecular weight excluding hydrogens is 584 g/mol. The van der Waals surface area contributed by atoms with Gasteiger partial charge in [-0.3, -0.25) is 14.5 Å². The molecule has 1 fully saturated rings. The highest BCUT2D eigenvalue weighted by molar-refractivity contribution is 7.17. The molecule has 0 bridgehead atoms. The van der Waals surface area contributed by atoms with Crippen LogP contribution in [0, 0.1) is 13.8 Å². The Morgan fingerprint density at radius 2 is 1.80 bits per heavy atom. The molecule has 3 aromatic carbocycles. The Hall–Kier alpha value is -5.16. The Labute approximate surface area is 257 Å². The summed E-state index contributed by atoms with van der Waals surface area (Å²) < 4.78 is 16.3. The van der Waals surface area contributed by atoms with E-state index in [1.807, 2.05) is 30.3 Å². The summed E-state index contributed by atoms with van der Waals surface area (Å²) in [6, 6.07) is 17.9. The van der Waals surface area contributed by atoms with E-state index in [1.54, 1.807) is 39.0 Å². The number of ether oxygens (including phenoxy) is 3. The summed E-state index contributed by atoms with van der Waals surface area (Å²) in [4.78, 5) is 45.6. The maximum Gasteiger partial charge on any atom is 0.350 e. The van der Waals surface area contributed by atoms with Crippen molar-refractivity contribution in [2.45, 2.75) is 33.4 Å². The Morgan fingerprint density at radius 1 is 1.05 bits per heavy atom. The number of ketones is 1. The number of aliphatic hydroxyl groups excluding tert-OH is 1. The molecule has 5 rings (SSSR count). The number of aromatic hydroxyl groups is 1. The van der Waals surface area contributed by atoms with E-state index in [0.29, 0.717) is 34.7 Å². The van der Waals surface area contributed by atoms with Gasteiger partial charge in [0.2, 0.25) is 0 Å². The number of nitrogens with zero attached hydrogens (tertiary/aromatic N) is 2. The average molecular weight is 615 g/mol. The van der Waals surface area contributed by atoms with E-state index in [0.717, 1.165) is 21.8 Å². The summed E-state index contributed by atoms with van der Waals surface area (Å²) in [5, 5.41) is 22.0. The number of benzene rings is 3. The van der Waals surface area contributed by atoms with Gasteiger partial charge >= 0.3 is 11.9 Å². The number of amides is 1. The molecule has 0 unspecified atom stereocenters. The molecule has 1 aliphatic rings. The Bertz CT molecular complexity index is 1780. The fourth-order valence-corrected chi connectivity index (χ4v) is 5.95. The minimum Gasteiger partial charge on any atom is -0.507 e. The molecular formula is C33H30N2O8S. The number of phenols is 1. The first-order valence-corrected chi connectivity index (χ1v) is 14.6. The van der Waals surface area contributed by atoms with Crippen LogP contribution >= 0.6 is 11.3 Å². The molecule has 4 aromatic rings. The fourth-order valence-electron chi connectivity index (χ4n) is 4.96. The number of anilines is 1. The van der Waals surface area contributed by atoms with E-state index in [2.05, 4.69) is 4.98 Å². The van der Waals surface area contributed by atoms with Crippen molar-refractivity contribution < 1.29 is 38.8 Å². The first-order valence-electron chi connectivity index (χ1n) is 13.7. The van der Waals surface area contributed by atoms with Gasteiger partial charge in [-0.2, -0.15) is 0 Å². The van der Waals surface area contributed by atoms with Crippen LogP contribution in [-0.4, -0.2) is 46.6 Å². The second-order valence-corrected chi connectivity index (χ2v) is 11.0. The zero-order chi connectivity index (χ0) is 31.5. The van der Waals surface area contributed by atoms with Gasteiger partial charge in [-0.15, -0.1) is 0 Å². The first-order chi connectivity index (χ1) is 21.1. The number of carbonyl (C=O) groups excluding carboxylic acids is 3. The van der Waals surface area contributed by atoms with Gasteiger partial charge < -0.3 is 24.4 Å². The monoisotopic (exact) mass is 614 g/mol. The van der Waals surface area contributed by atoms with Crippen LogP contribution in [-0.2, 0) is 20.9 Å². The number of Topliss-reactive ketones (excluding diaryl/α,β-unsaturated/α-hetero) is 1. The topological polar surface area (TPSA) is 135 Å². The number of methoxy groups -OCH3 is 1. The van der Waals surface area contributed by atoms with Crippen LogP contribution in [0.25, 0.3) is 5.76 Å². The van der Waals surface area contributed by atoms with Crippen molar-refractivity contribution in [1.29, 1.82) is 0 Å². The molecule has 44 heavy (non-hydrogen) atoms. The lowest BCUT2D eigenvalue weighted by atomic mass is 9.93. The number of thiazole rings is 1. The predicted molar refractivity (Wildman–Crippen MR) is 164 cm³/mol. The van der Waals surface area contributed by atoms with Gasteiger partial charge in [0.25, 0.3) is 5.78 Å². The summed E-state index contributed by atoms with van der Waals surface area (Å²) in [6.07, 6.45) is 0. The third-order valence-corrected chi connectivity index (χ3v) is 8.25. The maximum atomic E-state index is 13.6. The number of carbonyl (C=O) groups is 3. The molecule has 0 spiro atoms. The first kappa shape index (κ1) is 30.3. The molecule has 1 aromatic heterocycles. The Morgan fingerprint density at radius 3 is 2.48 bits per heavy atom. The van der Waals surface area contributed by atoms with Crippen LogP contribution < -0.4 is 14.4 Å². The highest BCUT2D eigenvalue weighted by atomic mass is 32.1. The zero-order valence-corrected chi connectivity index (χ0v) is 25.3. The molecule has 1 amide bonds. The summed E-state index contributed by atoms with van der Waals surface area (Å²) in [6.45, 7) is 5.54. The van der Waals surface area contributed by atoms with Crippen molar-refractivity contribution in [3.8, 4) is 17.2 Å². The summed E-state index contributed by atoms with van der Waals surface area (Å²) in [7, 11) is 1.37. The molecule has 1 aliphatic heterocycles. The second kappa shape index (κ2) is 12.6. The molecule has 11 heteroatoms. The Balaban J connectivity index is 1.60. The highest BCUT2D eigenvalue weighted by Gasteiger charge is 2.48. The van der Waals surface area contributed by atoms with Crippen LogP contribution in [0.1, 0.15) is 50.6 Å². The lowest BCUT2D eigenvalue weighted by molar-refractivity contribution is -0.132. The van der Waals surface area contributed by atoms with Gasteiger partial charge in [0.15, 0.2) is 16.6 Å². The van der Waals surface area contributed by atoms with Gasteiger partial charge in [0, 0.05) is 5.56 Å². The van der Waals surface area contributed by atoms with Crippen LogP contribution in [0.4, 0.5) is 5.13 Å². The molecule has 2 N–H and O–H groups in total. The zero-order valence-electron chi connectivity index (χ0n) is 24.5. The summed E-state index contributed by atoms with van der Waals surface area (Å²) >= 11 is 0.906. The summed E-state index contributed by atoms with van der Waals surface area (Å²) in [5.41, 5.74) is 2.43. The molecule has 0 radical (unpaired) electrons. The smallest absolute Gasteiger partial charge is 0.350 e. The number of hydrogen-bond donors (Lipinski definition) is 2. The molecule has 226 valence electrons. The molecule has 2 heterocycles. The minimum atomic E-state index is -1.15. The van der Waals surface area contributed by atoms with Crippen molar-refractivity contribution >= 4 is 39.9 Å². The van der Waals surface area contributed by atoms with Crippen molar-refractivity contribution in [1.82, 2.24) is 4.98 Å². The molecule has 0 aliphatic carbocycles. The number of rotatable bonds is 9. The molecule has 1 atom stereocenters. The number of aromatic nitrogens is 1. The largest absolute Gasteiger partial charge is 0.507 e. The highest BCUT2D eigenvalue weighted by Crippen LogP contribution is 2.45. The van der Waals surface area contributed by atoms with Crippen molar-refractivity contribution in [3.05, 3.63) is 105 Å². The third-order valence-electron chi connectivity index (χ3n) is 7.12. The number of esters is 1. The van der Waals surface area contributed by atoms with Crippen LogP contribution in [0.2, 0.25) is 0 Å².